The third-order valence-corrected chi connectivity index (χ3v) is 4.05. The molecule has 1 aliphatic heterocycles. The van der Waals surface area contributed by atoms with E-state index < -0.39 is 23.7 Å². The summed E-state index contributed by atoms with van der Waals surface area (Å²) in [6.07, 6.45) is -4.46. The van der Waals surface area contributed by atoms with Crippen molar-refractivity contribution in [2.45, 2.75) is 12.2 Å². The summed E-state index contributed by atoms with van der Waals surface area (Å²) < 4.78 is 38.9. The first-order valence-corrected chi connectivity index (χ1v) is 7.45. The molecule has 0 saturated heterocycles. The Balaban J connectivity index is 2.14. The highest BCUT2D eigenvalue weighted by atomic mass is 35.5. The third kappa shape index (κ3) is 3.05. The summed E-state index contributed by atoms with van der Waals surface area (Å²) >= 11 is 6.12. The number of hydrogen-bond acceptors (Lipinski definition) is 3. The lowest BCUT2D eigenvalue weighted by Crippen LogP contribution is -2.41. The number of benzene rings is 2. The molecule has 3 N–H and O–H groups in total. The molecule has 0 spiro atoms. The van der Waals surface area contributed by atoms with Crippen LogP contribution in [0.5, 0.6) is 0 Å². The molecular formula is C16H13ClF3N3O. The molecule has 24 heavy (non-hydrogen) atoms. The van der Waals surface area contributed by atoms with Crippen LogP contribution >= 0.6 is 11.6 Å². The maximum absolute atomic E-state index is 13.0. The third-order valence-electron chi connectivity index (χ3n) is 3.73. The molecule has 0 fully saturated rings. The van der Waals surface area contributed by atoms with Gasteiger partial charge in [0.1, 0.15) is 6.04 Å². The van der Waals surface area contributed by atoms with Gasteiger partial charge < -0.3 is 16.0 Å². The lowest BCUT2D eigenvalue weighted by atomic mass is 10.1. The summed E-state index contributed by atoms with van der Waals surface area (Å²) in [6, 6.07) is 8.85. The standard InChI is InChI=1S/C16H13ClF3N3O/c17-11-5-2-6-13-14(11)22-15(24)12(21)8-23(13)10-4-1-3-9(7-10)16(18,19)20/h1-7,12H,8,21H2,(H,22,24)/t12-/m0/s1. The Morgan fingerprint density at radius 2 is 1.92 bits per heavy atom. The largest absolute Gasteiger partial charge is 0.416 e. The minimum atomic E-state index is -4.46. The predicted octanol–water partition coefficient (Wildman–Crippen LogP) is 3.78. The van der Waals surface area contributed by atoms with Crippen molar-refractivity contribution in [2.75, 3.05) is 16.8 Å². The van der Waals surface area contributed by atoms with Crippen LogP contribution in [0.2, 0.25) is 5.02 Å². The highest BCUT2D eigenvalue weighted by molar-refractivity contribution is 6.34. The average molecular weight is 356 g/mol. The fourth-order valence-electron chi connectivity index (χ4n) is 2.55. The van der Waals surface area contributed by atoms with Gasteiger partial charge in [0.05, 0.1) is 22.0 Å². The van der Waals surface area contributed by atoms with E-state index in [-0.39, 0.29) is 17.3 Å². The molecule has 2 aromatic carbocycles. The number of anilines is 3. The molecule has 0 bridgehead atoms. The van der Waals surface area contributed by atoms with E-state index in [0.29, 0.717) is 11.4 Å². The van der Waals surface area contributed by atoms with Crippen LogP contribution in [-0.2, 0) is 11.0 Å². The van der Waals surface area contributed by atoms with Crippen LogP contribution in [-0.4, -0.2) is 18.5 Å². The minimum Gasteiger partial charge on any atom is -0.338 e. The summed E-state index contributed by atoms with van der Waals surface area (Å²) in [7, 11) is 0. The fraction of sp³-hybridized carbons (Fsp3) is 0.188. The van der Waals surface area contributed by atoms with Crippen LogP contribution in [0, 0.1) is 0 Å². The van der Waals surface area contributed by atoms with Crippen molar-refractivity contribution in [3.63, 3.8) is 0 Å². The van der Waals surface area contributed by atoms with Crippen LogP contribution in [0.25, 0.3) is 0 Å². The monoisotopic (exact) mass is 355 g/mol. The van der Waals surface area contributed by atoms with Gasteiger partial charge in [-0.25, -0.2) is 0 Å². The van der Waals surface area contributed by atoms with E-state index >= 15 is 0 Å². The Morgan fingerprint density at radius 1 is 1.21 bits per heavy atom. The SMILES string of the molecule is N[C@H]1CN(c2cccc(C(F)(F)F)c2)c2cccc(Cl)c2NC1=O. The van der Waals surface area contributed by atoms with Gasteiger partial charge in [0.15, 0.2) is 0 Å². The van der Waals surface area contributed by atoms with Crippen molar-refractivity contribution < 1.29 is 18.0 Å². The number of alkyl halides is 3. The number of nitrogens with zero attached hydrogens (tertiary/aromatic N) is 1. The average Bonchev–Trinajstić information content (AvgIpc) is 2.65. The maximum atomic E-state index is 13.0. The van der Waals surface area contributed by atoms with E-state index in [1.54, 1.807) is 23.1 Å². The lowest BCUT2D eigenvalue weighted by Gasteiger charge is -2.26. The number of carbonyl (C=O) groups is 1. The normalized spacial score (nSPS) is 18.0. The maximum Gasteiger partial charge on any atom is 0.416 e. The molecule has 0 aliphatic carbocycles. The number of para-hydroxylation sites is 1. The predicted molar refractivity (Wildman–Crippen MR) is 86.5 cm³/mol. The first-order valence-electron chi connectivity index (χ1n) is 7.07. The Morgan fingerprint density at radius 3 is 2.62 bits per heavy atom. The van der Waals surface area contributed by atoms with Gasteiger partial charge in [0.2, 0.25) is 5.91 Å². The van der Waals surface area contributed by atoms with Gasteiger partial charge in [-0.05, 0) is 30.3 Å². The molecule has 8 heteroatoms. The van der Waals surface area contributed by atoms with Gasteiger partial charge in [-0.3, -0.25) is 4.79 Å². The minimum absolute atomic E-state index is 0.0283. The van der Waals surface area contributed by atoms with E-state index in [0.717, 1.165) is 12.1 Å². The lowest BCUT2D eigenvalue weighted by molar-refractivity contribution is -0.137. The van der Waals surface area contributed by atoms with Crippen LogP contribution < -0.4 is 16.0 Å². The molecule has 0 saturated carbocycles. The molecular weight excluding hydrogens is 343 g/mol. The molecule has 0 unspecified atom stereocenters. The second-order valence-corrected chi connectivity index (χ2v) is 5.80. The quantitative estimate of drug-likeness (QED) is 0.818. The van der Waals surface area contributed by atoms with Gasteiger partial charge in [0.25, 0.3) is 0 Å². The smallest absolute Gasteiger partial charge is 0.338 e. The second-order valence-electron chi connectivity index (χ2n) is 5.39. The number of fused-ring (bicyclic) bond motifs is 1. The highest BCUT2D eigenvalue weighted by Crippen LogP contribution is 2.40. The van der Waals surface area contributed by atoms with Crippen LogP contribution in [0.1, 0.15) is 5.56 Å². The second kappa shape index (κ2) is 5.99. The molecule has 1 heterocycles. The Bertz CT molecular complexity index is 794. The van der Waals surface area contributed by atoms with E-state index in [9.17, 15) is 18.0 Å². The molecule has 126 valence electrons. The number of hydrogen-bond donors (Lipinski definition) is 2. The van der Waals surface area contributed by atoms with E-state index in [1.165, 1.54) is 12.1 Å². The van der Waals surface area contributed by atoms with Crippen LogP contribution in [0.4, 0.5) is 30.2 Å². The van der Waals surface area contributed by atoms with Crippen LogP contribution in [0.15, 0.2) is 42.5 Å². The number of carbonyl (C=O) groups excluding carboxylic acids is 1. The molecule has 0 radical (unpaired) electrons. The summed E-state index contributed by atoms with van der Waals surface area (Å²) in [4.78, 5) is 13.6. The van der Waals surface area contributed by atoms with E-state index in [2.05, 4.69) is 5.32 Å². The van der Waals surface area contributed by atoms with Crippen LogP contribution in [0.3, 0.4) is 0 Å². The fourth-order valence-corrected chi connectivity index (χ4v) is 2.77. The number of rotatable bonds is 1. The molecule has 2 aromatic rings. The zero-order valence-corrected chi connectivity index (χ0v) is 13.0. The van der Waals surface area contributed by atoms with Gasteiger partial charge in [0, 0.05) is 12.2 Å². The molecule has 3 rings (SSSR count). The molecule has 4 nitrogen and oxygen atoms in total. The van der Waals surface area contributed by atoms with Crippen molar-refractivity contribution in [2.24, 2.45) is 5.73 Å². The number of amides is 1. The topological polar surface area (TPSA) is 58.4 Å². The van der Waals surface area contributed by atoms with Crippen molar-refractivity contribution in [3.8, 4) is 0 Å². The van der Waals surface area contributed by atoms with E-state index in [1.807, 2.05) is 0 Å². The van der Waals surface area contributed by atoms with E-state index in [4.69, 9.17) is 17.3 Å². The van der Waals surface area contributed by atoms with Crippen molar-refractivity contribution in [1.29, 1.82) is 0 Å². The highest BCUT2D eigenvalue weighted by Gasteiger charge is 2.32. The van der Waals surface area contributed by atoms with Gasteiger partial charge in [-0.2, -0.15) is 13.2 Å². The molecule has 0 aromatic heterocycles. The Hall–Kier alpha value is -2.25. The van der Waals surface area contributed by atoms with Crippen molar-refractivity contribution >= 4 is 34.6 Å². The van der Waals surface area contributed by atoms with Gasteiger partial charge in [-0.1, -0.05) is 23.7 Å². The van der Waals surface area contributed by atoms with Gasteiger partial charge in [-0.15, -0.1) is 0 Å². The Labute approximate surface area is 141 Å². The van der Waals surface area contributed by atoms with Crippen molar-refractivity contribution in [3.05, 3.63) is 53.1 Å². The number of nitrogens with two attached hydrogens (primary N) is 1. The summed E-state index contributed by atoms with van der Waals surface area (Å²) in [5.41, 5.74) is 6.16. The van der Waals surface area contributed by atoms with Crippen molar-refractivity contribution in [1.82, 2.24) is 0 Å². The molecule has 1 amide bonds. The number of halogens is 4. The first-order chi connectivity index (χ1) is 11.3. The molecule has 1 atom stereocenters. The first kappa shape index (κ1) is 16.6. The Kier molecular flexibility index (Phi) is 4.15. The summed E-state index contributed by atoms with van der Waals surface area (Å²) in [6.45, 7) is 0.0283. The zero-order chi connectivity index (χ0) is 17.5. The van der Waals surface area contributed by atoms with Gasteiger partial charge >= 0.3 is 6.18 Å². The summed E-state index contributed by atoms with van der Waals surface area (Å²) in [5, 5.41) is 2.91. The molecule has 1 aliphatic rings. The number of nitrogens with one attached hydrogen (secondary N) is 1. The summed E-state index contributed by atoms with van der Waals surface area (Å²) in [5.74, 6) is -0.446. The zero-order valence-electron chi connectivity index (χ0n) is 12.3.